The van der Waals surface area contributed by atoms with Crippen molar-refractivity contribution in [3.8, 4) is 5.75 Å². The number of hydrogen-bond donors (Lipinski definition) is 1. The fourth-order valence-corrected chi connectivity index (χ4v) is 1.19. The van der Waals surface area contributed by atoms with Crippen LogP contribution in [0.2, 0.25) is 0 Å². The first-order valence-corrected chi connectivity index (χ1v) is 4.33. The van der Waals surface area contributed by atoms with E-state index >= 15 is 0 Å². The Bertz CT molecular complexity index is 325. The molecule has 0 aliphatic rings. The summed E-state index contributed by atoms with van der Waals surface area (Å²) in [6.45, 7) is 2.33. The van der Waals surface area contributed by atoms with Crippen LogP contribution in [0.25, 0.3) is 0 Å². The molecule has 0 aliphatic carbocycles. The molecule has 1 rings (SSSR count). The third-order valence-corrected chi connectivity index (χ3v) is 1.85. The second-order valence-electron chi connectivity index (χ2n) is 2.73. The van der Waals surface area contributed by atoms with E-state index < -0.39 is 6.09 Å². The van der Waals surface area contributed by atoms with Gasteiger partial charge in [0.15, 0.2) is 0 Å². The van der Waals surface area contributed by atoms with Gasteiger partial charge in [-0.15, -0.1) is 0 Å². The average molecular weight is 195 g/mol. The second-order valence-corrected chi connectivity index (χ2v) is 2.73. The van der Waals surface area contributed by atoms with Gasteiger partial charge in [0.05, 0.1) is 12.8 Å². The molecule has 0 aromatic heterocycles. The third kappa shape index (κ3) is 2.16. The van der Waals surface area contributed by atoms with Gasteiger partial charge in [0, 0.05) is 12.6 Å². The molecule has 0 bridgehead atoms. The number of anilines is 1. The van der Waals surface area contributed by atoms with E-state index in [4.69, 9.17) is 0 Å². The Morgan fingerprint density at radius 2 is 2.29 bits per heavy atom. The minimum atomic E-state index is -0.432. The van der Waals surface area contributed by atoms with Crippen molar-refractivity contribution in [1.29, 1.82) is 0 Å². The van der Waals surface area contributed by atoms with E-state index in [0.717, 1.165) is 0 Å². The van der Waals surface area contributed by atoms with Crippen molar-refractivity contribution in [2.45, 2.75) is 6.92 Å². The van der Waals surface area contributed by atoms with Crippen LogP contribution in [0.4, 0.5) is 10.5 Å². The summed E-state index contributed by atoms with van der Waals surface area (Å²) in [5.74, 6) is 0.129. The van der Waals surface area contributed by atoms with Gasteiger partial charge in [0.25, 0.3) is 0 Å². The molecule has 1 amide bonds. The summed E-state index contributed by atoms with van der Waals surface area (Å²) >= 11 is 0. The van der Waals surface area contributed by atoms with Gasteiger partial charge < -0.3 is 9.84 Å². The lowest BCUT2D eigenvalue weighted by Crippen LogP contribution is -2.30. The van der Waals surface area contributed by atoms with Crippen molar-refractivity contribution >= 4 is 11.8 Å². The highest BCUT2D eigenvalue weighted by Crippen LogP contribution is 2.20. The zero-order chi connectivity index (χ0) is 10.6. The number of phenolic OH excluding ortho intramolecular Hbond substituents is 1. The normalized spacial score (nSPS) is 9.57. The highest BCUT2D eigenvalue weighted by atomic mass is 16.5. The zero-order valence-electron chi connectivity index (χ0n) is 8.23. The van der Waals surface area contributed by atoms with Gasteiger partial charge in [0.1, 0.15) is 5.75 Å². The Kier molecular flexibility index (Phi) is 3.34. The number of nitrogens with zero attached hydrogens (tertiary/aromatic N) is 1. The molecule has 4 heteroatoms. The Morgan fingerprint density at radius 3 is 2.79 bits per heavy atom. The molecular weight excluding hydrogens is 182 g/mol. The topological polar surface area (TPSA) is 49.8 Å². The van der Waals surface area contributed by atoms with Gasteiger partial charge in [-0.25, -0.2) is 4.79 Å². The predicted octanol–water partition coefficient (Wildman–Crippen LogP) is 1.98. The largest absolute Gasteiger partial charge is 0.508 e. The Morgan fingerprint density at radius 1 is 1.57 bits per heavy atom. The first kappa shape index (κ1) is 10.4. The lowest BCUT2D eigenvalue weighted by Gasteiger charge is -2.19. The number of amides is 1. The highest BCUT2D eigenvalue weighted by Gasteiger charge is 2.13. The number of carbonyl (C=O) groups is 1. The van der Waals surface area contributed by atoms with Gasteiger partial charge >= 0.3 is 6.09 Å². The molecule has 0 atom stereocenters. The van der Waals surface area contributed by atoms with Crippen molar-refractivity contribution in [2.75, 3.05) is 18.6 Å². The van der Waals surface area contributed by atoms with Crippen LogP contribution in [0.1, 0.15) is 6.92 Å². The lowest BCUT2D eigenvalue weighted by atomic mass is 10.3. The van der Waals surface area contributed by atoms with Crippen LogP contribution in [0.5, 0.6) is 5.75 Å². The fraction of sp³-hybridized carbons (Fsp3) is 0.300. The molecule has 14 heavy (non-hydrogen) atoms. The summed E-state index contributed by atoms with van der Waals surface area (Å²) in [4.78, 5) is 12.7. The van der Waals surface area contributed by atoms with Crippen LogP contribution >= 0.6 is 0 Å². The summed E-state index contributed by atoms with van der Waals surface area (Å²) in [7, 11) is 1.33. The van der Waals surface area contributed by atoms with E-state index in [1.807, 2.05) is 6.92 Å². The van der Waals surface area contributed by atoms with Crippen LogP contribution in [-0.4, -0.2) is 24.9 Å². The Labute approximate surface area is 82.7 Å². The molecule has 0 unspecified atom stereocenters. The molecule has 0 saturated carbocycles. The van der Waals surface area contributed by atoms with Crippen LogP contribution in [0, 0.1) is 0 Å². The summed E-state index contributed by atoms with van der Waals surface area (Å²) in [6.07, 6.45) is -0.432. The quantitative estimate of drug-likeness (QED) is 0.785. The number of ether oxygens (including phenoxy) is 1. The predicted molar refractivity (Wildman–Crippen MR) is 53.5 cm³/mol. The van der Waals surface area contributed by atoms with Crippen molar-refractivity contribution in [2.24, 2.45) is 0 Å². The molecule has 0 radical (unpaired) electrons. The molecule has 0 heterocycles. The van der Waals surface area contributed by atoms with E-state index in [0.29, 0.717) is 12.2 Å². The summed E-state index contributed by atoms with van der Waals surface area (Å²) in [5, 5.41) is 9.23. The van der Waals surface area contributed by atoms with Gasteiger partial charge in [0.2, 0.25) is 0 Å². The van der Waals surface area contributed by atoms with Gasteiger partial charge in [-0.1, -0.05) is 6.07 Å². The average Bonchev–Trinajstić information content (AvgIpc) is 2.19. The van der Waals surface area contributed by atoms with Crippen molar-refractivity contribution in [1.82, 2.24) is 0 Å². The maximum absolute atomic E-state index is 11.3. The number of carbonyl (C=O) groups excluding carboxylic acids is 1. The number of benzene rings is 1. The van der Waals surface area contributed by atoms with Crippen LogP contribution in [0.15, 0.2) is 24.3 Å². The van der Waals surface area contributed by atoms with Gasteiger partial charge in [-0.05, 0) is 19.1 Å². The van der Waals surface area contributed by atoms with E-state index in [1.54, 1.807) is 18.2 Å². The minimum absolute atomic E-state index is 0.129. The van der Waals surface area contributed by atoms with Crippen LogP contribution in [-0.2, 0) is 4.74 Å². The maximum Gasteiger partial charge on any atom is 0.413 e. The van der Waals surface area contributed by atoms with Crippen LogP contribution < -0.4 is 4.90 Å². The summed E-state index contributed by atoms with van der Waals surface area (Å²) in [5.41, 5.74) is 0.624. The number of methoxy groups -OCH3 is 1. The van der Waals surface area contributed by atoms with Crippen molar-refractivity contribution in [3.05, 3.63) is 24.3 Å². The first-order chi connectivity index (χ1) is 6.69. The molecule has 4 nitrogen and oxygen atoms in total. The molecule has 76 valence electrons. The minimum Gasteiger partial charge on any atom is -0.508 e. The fourth-order valence-electron chi connectivity index (χ4n) is 1.19. The monoisotopic (exact) mass is 195 g/mol. The summed E-state index contributed by atoms with van der Waals surface area (Å²) in [6, 6.07) is 6.48. The summed E-state index contributed by atoms with van der Waals surface area (Å²) < 4.78 is 4.60. The Hall–Kier alpha value is -1.71. The standard InChI is InChI=1S/C10H13NO3/c1-3-11(10(13)14-2)8-5-4-6-9(12)7-8/h4-7,12H,3H2,1-2H3. The highest BCUT2D eigenvalue weighted by molar-refractivity contribution is 5.87. The van der Waals surface area contributed by atoms with Gasteiger partial charge in [-0.2, -0.15) is 0 Å². The van der Waals surface area contributed by atoms with E-state index in [1.165, 1.54) is 18.1 Å². The number of hydrogen-bond acceptors (Lipinski definition) is 3. The van der Waals surface area contributed by atoms with E-state index in [9.17, 15) is 9.90 Å². The van der Waals surface area contributed by atoms with Crippen molar-refractivity contribution < 1.29 is 14.6 Å². The van der Waals surface area contributed by atoms with Gasteiger partial charge in [-0.3, -0.25) is 4.90 Å². The molecule has 1 aromatic carbocycles. The first-order valence-electron chi connectivity index (χ1n) is 4.33. The lowest BCUT2D eigenvalue weighted by molar-refractivity contribution is 0.179. The molecule has 0 fully saturated rings. The molecule has 0 aliphatic heterocycles. The zero-order valence-corrected chi connectivity index (χ0v) is 8.23. The van der Waals surface area contributed by atoms with Crippen molar-refractivity contribution in [3.63, 3.8) is 0 Å². The van der Waals surface area contributed by atoms with E-state index in [2.05, 4.69) is 4.74 Å². The number of phenols is 1. The molecular formula is C10H13NO3. The smallest absolute Gasteiger partial charge is 0.413 e. The molecule has 0 spiro atoms. The van der Waals surface area contributed by atoms with Crippen LogP contribution in [0.3, 0.4) is 0 Å². The number of aromatic hydroxyl groups is 1. The third-order valence-electron chi connectivity index (χ3n) is 1.85. The van der Waals surface area contributed by atoms with E-state index in [-0.39, 0.29) is 5.75 Å². The second kappa shape index (κ2) is 4.50. The molecule has 1 aromatic rings. The molecule has 1 N–H and O–H groups in total. The number of rotatable bonds is 2. The molecule has 0 saturated heterocycles. The SMILES string of the molecule is CCN(C(=O)OC)c1cccc(O)c1. The maximum atomic E-state index is 11.3. The Balaban J connectivity index is 2.94.